The van der Waals surface area contributed by atoms with Gasteiger partial charge in [-0.3, -0.25) is 9.36 Å². The van der Waals surface area contributed by atoms with Gasteiger partial charge in [0.1, 0.15) is 5.82 Å². The molecule has 0 N–H and O–H groups in total. The number of para-hydroxylation sites is 1. The highest BCUT2D eigenvalue weighted by atomic mass is 32.2. The first-order valence-corrected chi connectivity index (χ1v) is 11.8. The van der Waals surface area contributed by atoms with E-state index in [1.807, 2.05) is 48.2 Å². The number of amides is 1. The van der Waals surface area contributed by atoms with Crippen LogP contribution in [-0.2, 0) is 5.75 Å². The summed E-state index contributed by atoms with van der Waals surface area (Å²) in [6.45, 7) is 10.7. The minimum Gasteiger partial charge on any atom is -0.336 e. The van der Waals surface area contributed by atoms with Gasteiger partial charge in [0.25, 0.3) is 5.91 Å². The molecule has 0 saturated carbocycles. The average molecular weight is 436 g/mol. The summed E-state index contributed by atoms with van der Waals surface area (Å²) in [4.78, 5) is 17.6. The molecule has 3 aromatic rings. The number of likely N-dealkylation sites (N-methyl/N-ethyl adjacent to an activating group) is 1. The summed E-state index contributed by atoms with van der Waals surface area (Å²) in [5.41, 5.74) is 4.09. The van der Waals surface area contributed by atoms with E-state index in [1.54, 1.807) is 11.8 Å². The van der Waals surface area contributed by atoms with E-state index in [0.717, 1.165) is 60.5 Å². The lowest BCUT2D eigenvalue weighted by molar-refractivity contribution is 0.0642. The predicted molar refractivity (Wildman–Crippen MR) is 125 cm³/mol. The fourth-order valence-electron chi connectivity index (χ4n) is 3.96. The molecule has 1 amide bonds. The molecule has 0 radical (unpaired) electrons. The van der Waals surface area contributed by atoms with Crippen molar-refractivity contribution in [3.8, 4) is 5.69 Å². The first-order chi connectivity index (χ1) is 15.1. The second-order valence-corrected chi connectivity index (χ2v) is 8.77. The maximum atomic E-state index is 13.2. The van der Waals surface area contributed by atoms with Crippen molar-refractivity contribution < 1.29 is 4.79 Å². The van der Waals surface area contributed by atoms with Gasteiger partial charge in [0.15, 0.2) is 5.16 Å². The maximum Gasteiger partial charge on any atom is 0.254 e. The average Bonchev–Trinajstić information content (AvgIpc) is 3.18. The summed E-state index contributed by atoms with van der Waals surface area (Å²) in [7, 11) is 0. The van der Waals surface area contributed by atoms with E-state index in [4.69, 9.17) is 0 Å². The van der Waals surface area contributed by atoms with E-state index < -0.39 is 0 Å². The molecule has 1 saturated heterocycles. The second kappa shape index (κ2) is 9.66. The zero-order valence-corrected chi connectivity index (χ0v) is 19.2. The molecule has 0 bridgehead atoms. The van der Waals surface area contributed by atoms with Crippen molar-refractivity contribution >= 4 is 17.7 Å². The Kier molecular flexibility index (Phi) is 6.73. The molecule has 4 rings (SSSR count). The number of thioether (sulfide) groups is 1. The van der Waals surface area contributed by atoms with Crippen LogP contribution in [0, 0.1) is 13.8 Å². The van der Waals surface area contributed by atoms with Crippen LogP contribution in [0.5, 0.6) is 0 Å². The lowest BCUT2D eigenvalue weighted by atomic mass is 10.1. The predicted octanol–water partition coefficient (Wildman–Crippen LogP) is 3.95. The summed E-state index contributed by atoms with van der Waals surface area (Å²) in [5, 5.41) is 9.55. The molecule has 0 unspecified atom stereocenters. The van der Waals surface area contributed by atoms with Crippen molar-refractivity contribution in [1.82, 2.24) is 24.6 Å². The first-order valence-electron chi connectivity index (χ1n) is 10.8. The van der Waals surface area contributed by atoms with Gasteiger partial charge >= 0.3 is 0 Å². The van der Waals surface area contributed by atoms with Gasteiger partial charge in [0, 0.05) is 37.5 Å². The third-order valence-electron chi connectivity index (χ3n) is 5.86. The quantitative estimate of drug-likeness (QED) is 0.549. The second-order valence-electron chi connectivity index (χ2n) is 7.82. The highest BCUT2D eigenvalue weighted by molar-refractivity contribution is 7.98. The molecular formula is C24H29N5OS. The van der Waals surface area contributed by atoms with Gasteiger partial charge in [0.2, 0.25) is 0 Å². The molecule has 162 valence electrons. The molecule has 1 aliphatic heterocycles. The summed E-state index contributed by atoms with van der Waals surface area (Å²) >= 11 is 1.62. The van der Waals surface area contributed by atoms with E-state index in [9.17, 15) is 4.79 Å². The van der Waals surface area contributed by atoms with Crippen LogP contribution in [-0.4, -0.2) is 63.2 Å². The Labute approximate surface area is 188 Å². The molecule has 1 aliphatic rings. The van der Waals surface area contributed by atoms with Crippen LogP contribution in [0.4, 0.5) is 0 Å². The Morgan fingerprint density at radius 3 is 2.42 bits per heavy atom. The van der Waals surface area contributed by atoms with Gasteiger partial charge in [0.05, 0.1) is 5.69 Å². The van der Waals surface area contributed by atoms with Crippen LogP contribution >= 0.6 is 11.8 Å². The maximum absolute atomic E-state index is 13.2. The van der Waals surface area contributed by atoms with Crippen LogP contribution in [0.25, 0.3) is 5.69 Å². The van der Waals surface area contributed by atoms with Crippen LogP contribution < -0.4 is 0 Å². The standard InChI is InChI=1S/C24H29N5OS/c1-4-27-13-15-28(16-14-27)23(30)21-11-7-6-10-20(21)17-31-24-26-25-19(3)29(24)22-12-8-5-9-18(22)2/h5-12H,4,13-17H2,1-3H3. The van der Waals surface area contributed by atoms with Crippen molar-refractivity contribution in [3.05, 3.63) is 71.0 Å². The Morgan fingerprint density at radius 1 is 0.968 bits per heavy atom. The molecule has 0 atom stereocenters. The molecule has 0 spiro atoms. The van der Waals surface area contributed by atoms with Crippen LogP contribution in [0.15, 0.2) is 53.7 Å². The number of hydrogen-bond donors (Lipinski definition) is 0. The summed E-state index contributed by atoms with van der Waals surface area (Å²) < 4.78 is 2.09. The van der Waals surface area contributed by atoms with Crippen molar-refractivity contribution in [3.63, 3.8) is 0 Å². The van der Waals surface area contributed by atoms with Crippen molar-refractivity contribution in [2.75, 3.05) is 32.7 Å². The fraction of sp³-hybridized carbons (Fsp3) is 0.375. The lowest BCUT2D eigenvalue weighted by Gasteiger charge is -2.34. The minimum absolute atomic E-state index is 0.128. The zero-order valence-electron chi connectivity index (χ0n) is 18.4. The number of aromatic nitrogens is 3. The topological polar surface area (TPSA) is 54.3 Å². The summed E-state index contributed by atoms with van der Waals surface area (Å²) in [6.07, 6.45) is 0. The molecule has 31 heavy (non-hydrogen) atoms. The number of piperazine rings is 1. The van der Waals surface area contributed by atoms with E-state index in [0.29, 0.717) is 5.75 Å². The van der Waals surface area contributed by atoms with Crippen molar-refractivity contribution in [1.29, 1.82) is 0 Å². The van der Waals surface area contributed by atoms with E-state index >= 15 is 0 Å². The Hall–Kier alpha value is -2.64. The molecule has 1 aromatic heterocycles. The number of carbonyl (C=O) groups is 1. The van der Waals surface area contributed by atoms with Gasteiger partial charge in [-0.1, -0.05) is 55.1 Å². The molecule has 6 nitrogen and oxygen atoms in total. The summed E-state index contributed by atoms with van der Waals surface area (Å²) in [6, 6.07) is 16.2. The Morgan fingerprint density at radius 2 is 1.68 bits per heavy atom. The number of hydrogen-bond acceptors (Lipinski definition) is 5. The van der Waals surface area contributed by atoms with Crippen molar-refractivity contribution in [2.24, 2.45) is 0 Å². The highest BCUT2D eigenvalue weighted by Gasteiger charge is 2.23. The highest BCUT2D eigenvalue weighted by Crippen LogP contribution is 2.28. The third-order valence-corrected chi connectivity index (χ3v) is 6.84. The molecular weight excluding hydrogens is 406 g/mol. The zero-order chi connectivity index (χ0) is 21.8. The summed E-state index contributed by atoms with van der Waals surface area (Å²) in [5.74, 6) is 1.65. The smallest absolute Gasteiger partial charge is 0.254 e. The van der Waals surface area contributed by atoms with Crippen LogP contribution in [0.3, 0.4) is 0 Å². The van der Waals surface area contributed by atoms with E-state index in [2.05, 4.69) is 45.6 Å². The third kappa shape index (κ3) is 4.67. The monoisotopic (exact) mass is 435 g/mol. The largest absolute Gasteiger partial charge is 0.336 e. The molecule has 2 heterocycles. The normalized spacial score (nSPS) is 14.7. The number of carbonyl (C=O) groups excluding carboxylic acids is 1. The number of aryl methyl sites for hydroxylation is 2. The number of nitrogens with zero attached hydrogens (tertiary/aromatic N) is 5. The number of benzene rings is 2. The van der Waals surface area contributed by atoms with Gasteiger partial charge < -0.3 is 9.80 Å². The van der Waals surface area contributed by atoms with Gasteiger partial charge in [-0.2, -0.15) is 0 Å². The molecule has 7 heteroatoms. The first kappa shape index (κ1) is 21.6. The van der Waals surface area contributed by atoms with E-state index in [1.165, 1.54) is 5.56 Å². The SMILES string of the molecule is CCN1CCN(C(=O)c2ccccc2CSc2nnc(C)n2-c2ccccc2C)CC1. The van der Waals surface area contributed by atoms with Crippen molar-refractivity contribution in [2.45, 2.75) is 31.7 Å². The van der Waals surface area contributed by atoms with E-state index in [-0.39, 0.29) is 5.91 Å². The Bertz CT molecular complexity index is 1060. The van der Waals surface area contributed by atoms with Gasteiger partial charge in [-0.25, -0.2) is 0 Å². The van der Waals surface area contributed by atoms with Crippen LogP contribution in [0.1, 0.15) is 34.2 Å². The molecule has 2 aromatic carbocycles. The van der Waals surface area contributed by atoms with Gasteiger partial charge in [-0.15, -0.1) is 10.2 Å². The van der Waals surface area contributed by atoms with Gasteiger partial charge in [-0.05, 0) is 43.7 Å². The fourth-order valence-corrected chi connectivity index (χ4v) is 4.96. The molecule has 1 fully saturated rings. The molecule has 0 aliphatic carbocycles. The van der Waals surface area contributed by atoms with Crippen LogP contribution in [0.2, 0.25) is 0 Å². The minimum atomic E-state index is 0.128. The Balaban J connectivity index is 1.52. The number of rotatable bonds is 6. The lowest BCUT2D eigenvalue weighted by Crippen LogP contribution is -2.48.